The first-order valence-electron chi connectivity index (χ1n) is 6.67. The van der Waals surface area contributed by atoms with Crippen LogP contribution < -0.4 is 15.0 Å². The van der Waals surface area contributed by atoms with Gasteiger partial charge in [-0.05, 0) is 50.6 Å². The minimum Gasteiger partial charge on any atom is -0.497 e. The van der Waals surface area contributed by atoms with Gasteiger partial charge in [0.05, 0.1) is 7.11 Å². The molecule has 1 aromatic carbocycles. The lowest BCUT2D eigenvalue weighted by Gasteiger charge is -2.31. The van der Waals surface area contributed by atoms with Crippen LogP contribution in [0, 0.1) is 0 Å². The lowest BCUT2D eigenvalue weighted by Crippen LogP contribution is -2.36. The van der Waals surface area contributed by atoms with Gasteiger partial charge in [0, 0.05) is 24.7 Å². The minimum atomic E-state index is -0.131. The summed E-state index contributed by atoms with van der Waals surface area (Å²) in [6, 6.07) is 5.93. The summed E-state index contributed by atoms with van der Waals surface area (Å²) < 4.78 is 5.32. The Kier molecular flexibility index (Phi) is 3.80. The van der Waals surface area contributed by atoms with Gasteiger partial charge in [-0.25, -0.2) is 0 Å². The summed E-state index contributed by atoms with van der Waals surface area (Å²) in [5.74, 6) is 0.914. The zero-order valence-corrected chi connectivity index (χ0v) is 12.1. The van der Waals surface area contributed by atoms with E-state index in [1.165, 1.54) is 0 Å². The molecule has 1 heterocycles. The van der Waals surface area contributed by atoms with Crippen LogP contribution in [0.15, 0.2) is 18.2 Å². The van der Waals surface area contributed by atoms with Crippen molar-refractivity contribution in [2.75, 3.05) is 25.6 Å². The zero-order valence-electron chi connectivity index (χ0n) is 12.1. The van der Waals surface area contributed by atoms with Gasteiger partial charge in [0.25, 0.3) is 0 Å². The third-order valence-corrected chi connectivity index (χ3v) is 4.08. The fourth-order valence-corrected chi connectivity index (χ4v) is 2.75. The largest absolute Gasteiger partial charge is 0.497 e. The molecule has 1 N–H and O–H groups in total. The van der Waals surface area contributed by atoms with Gasteiger partial charge in [0.15, 0.2) is 0 Å². The summed E-state index contributed by atoms with van der Waals surface area (Å²) in [7, 11) is 3.63. The number of benzene rings is 1. The molecule has 4 heteroatoms. The molecule has 0 aromatic heterocycles. The van der Waals surface area contributed by atoms with Crippen molar-refractivity contribution in [1.82, 2.24) is 5.32 Å². The molecule has 0 radical (unpaired) electrons. The second-order valence-electron chi connectivity index (χ2n) is 5.24. The predicted octanol–water partition coefficient (Wildman–Crippen LogP) is 2.28. The van der Waals surface area contributed by atoms with Crippen molar-refractivity contribution in [2.24, 2.45) is 0 Å². The van der Waals surface area contributed by atoms with E-state index in [1.807, 2.05) is 30.1 Å². The number of nitrogens with zero attached hydrogens (tertiary/aromatic N) is 1. The number of ether oxygens (including phenoxy) is 1. The molecule has 2 rings (SSSR count). The topological polar surface area (TPSA) is 41.6 Å². The zero-order chi connectivity index (χ0) is 14.0. The number of methoxy groups -OCH3 is 1. The molecular formula is C15H22N2O2. The second kappa shape index (κ2) is 5.21. The fourth-order valence-electron chi connectivity index (χ4n) is 2.75. The average molecular weight is 262 g/mol. The predicted molar refractivity (Wildman–Crippen MR) is 76.7 cm³/mol. The van der Waals surface area contributed by atoms with Crippen molar-refractivity contribution in [3.63, 3.8) is 0 Å². The van der Waals surface area contributed by atoms with E-state index in [2.05, 4.69) is 12.2 Å². The third kappa shape index (κ3) is 2.45. The maximum Gasteiger partial charge on any atom is 0.223 e. The van der Waals surface area contributed by atoms with Crippen LogP contribution in [-0.2, 0) is 10.3 Å². The molecule has 1 atom stereocenters. The highest BCUT2D eigenvalue weighted by atomic mass is 16.5. The van der Waals surface area contributed by atoms with E-state index in [0.717, 1.165) is 36.4 Å². The van der Waals surface area contributed by atoms with E-state index in [-0.39, 0.29) is 11.4 Å². The van der Waals surface area contributed by atoms with E-state index in [1.54, 1.807) is 14.0 Å². The maximum absolute atomic E-state index is 11.8. The van der Waals surface area contributed by atoms with Crippen LogP contribution in [0.25, 0.3) is 0 Å². The number of nitrogens with one attached hydrogen (secondary N) is 1. The Bertz CT molecular complexity index is 487. The number of anilines is 1. The fraction of sp³-hybridized carbons (Fsp3) is 0.533. The maximum atomic E-state index is 11.8. The molecule has 0 spiro atoms. The monoisotopic (exact) mass is 262 g/mol. The summed E-state index contributed by atoms with van der Waals surface area (Å²) in [6.45, 7) is 4.57. The van der Waals surface area contributed by atoms with Crippen molar-refractivity contribution in [3.8, 4) is 5.75 Å². The normalized spacial score (nSPS) is 22.6. The molecule has 0 saturated heterocycles. The van der Waals surface area contributed by atoms with Crippen LogP contribution in [0.2, 0.25) is 0 Å². The van der Waals surface area contributed by atoms with Crippen molar-refractivity contribution < 1.29 is 9.53 Å². The van der Waals surface area contributed by atoms with Gasteiger partial charge in [-0.3, -0.25) is 4.79 Å². The van der Waals surface area contributed by atoms with E-state index in [9.17, 15) is 4.79 Å². The van der Waals surface area contributed by atoms with Crippen LogP contribution >= 0.6 is 0 Å². The molecule has 0 fully saturated rings. The first-order valence-corrected chi connectivity index (χ1v) is 6.67. The Morgan fingerprint density at radius 2 is 2.21 bits per heavy atom. The standard InChI is InChI=1S/C15H22N2O2/c1-11(18)17-9-5-8-15(2,16-3)13-10-12(19-4)6-7-14(13)17/h6-7,10,16H,5,8-9H2,1-4H3. The summed E-state index contributed by atoms with van der Waals surface area (Å²) in [5, 5.41) is 3.39. The molecule has 0 aliphatic carbocycles. The second-order valence-corrected chi connectivity index (χ2v) is 5.24. The molecule has 1 aromatic rings. The van der Waals surface area contributed by atoms with Crippen LogP contribution in [0.4, 0.5) is 5.69 Å². The third-order valence-electron chi connectivity index (χ3n) is 4.08. The Labute approximate surface area is 114 Å². The molecule has 4 nitrogen and oxygen atoms in total. The van der Waals surface area contributed by atoms with Gasteiger partial charge >= 0.3 is 0 Å². The van der Waals surface area contributed by atoms with E-state index < -0.39 is 0 Å². The number of carbonyl (C=O) groups excluding carboxylic acids is 1. The van der Waals surface area contributed by atoms with Crippen LogP contribution in [0.1, 0.15) is 32.3 Å². The summed E-state index contributed by atoms with van der Waals surface area (Å²) in [4.78, 5) is 13.7. The minimum absolute atomic E-state index is 0.0896. The highest BCUT2D eigenvalue weighted by Crippen LogP contribution is 2.39. The summed E-state index contributed by atoms with van der Waals surface area (Å²) in [6.07, 6.45) is 1.97. The molecule has 1 aliphatic heterocycles. The van der Waals surface area contributed by atoms with Crippen LogP contribution in [-0.4, -0.2) is 26.6 Å². The Morgan fingerprint density at radius 1 is 1.47 bits per heavy atom. The van der Waals surface area contributed by atoms with Gasteiger partial charge < -0.3 is 15.0 Å². The molecule has 1 unspecified atom stereocenters. The number of carbonyl (C=O) groups is 1. The number of amides is 1. The van der Waals surface area contributed by atoms with Crippen molar-refractivity contribution >= 4 is 11.6 Å². The first-order chi connectivity index (χ1) is 9.01. The number of hydrogen-bond acceptors (Lipinski definition) is 3. The Hall–Kier alpha value is -1.55. The lowest BCUT2D eigenvalue weighted by molar-refractivity contribution is -0.116. The van der Waals surface area contributed by atoms with Gasteiger partial charge in [0.1, 0.15) is 5.75 Å². The Balaban J connectivity index is 2.60. The van der Waals surface area contributed by atoms with E-state index >= 15 is 0 Å². The molecule has 1 aliphatic rings. The van der Waals surface area contributed by atoms with E-state index in [0.29, 0.717) is 0 Å². The molecule has 19 heavy (non-hydrogen) atoms. The van der Waals surface area contributed by atoms with Crippen molar-refractivity contribution in [2.45, 2.75) is 32.2 Å². The van der Waals surface area contributed by atoms with Crippen molar-refractivity contribution in [3.05, 3.63) is 23.8 Å². The van der Waals surface area contributed by atoms with Gasteiger partial charge in [-0.2, -0.15) is 0 Å². The van der Waals surface area contributed by atoms with Crippen LogP contribution in [0.3, 0.4) is 0 Å². The summed E-state index contributed by atoms with van der Waals surface area (Å²) >= 11 is 0. The lowest BCUT2D eigenvalue weighted by atomic mass is 9.87. The first kappa shape index (κ1) is 13.9. The quantitative estimate of drug-likeness (QED) is 0.889. The molecule has 1 amide bonds. The molecule has 104 valence electrons. The van der Waals surface area contributed by atoms with Crippen molar-refractivity contribution in [1.29, 1.82) is 0 Å². The SMILES string of the molecule is CNC1(C)CCCN(C(C)=O)c2ccc(OC)cc21. The highest BCUT2D eigenvalue weighted by molar-refractivity contribution is 5.92. The number of hydrogen-bond donors (Lipinski definition) is 1. The summed E-state index contributed by atoms with van der Waals surface area (Å²) in [5.41, 5.74) is 1.98. The Morgan fingerprint density at radius 3 is 2.79 bits per heavy atom. The smallest absolute Gasteiger partial charge is 0.223 e. The highest BCUT2D eigenvalue weighted by Gasteiger charge is 2.33. The number of fused-ring (bicyclic) bond motifs is 1. The molecule has 0 saturated carbocycles. The van der Waals surface area contributed by atoms with Gasteiger partial charge in [0.2, 0.25) is 5.91 Å². The molecular weight excluding hydrogens is 240 g/mol. The van der Waals surface area contributed by atoms with Gasteiger partial charge in [-0.15, -0.1) is 0 Å². The van der Waals surface area contributed by atoms with Gasteiger partial charge in [-0.1, -0.05) is 0 Å². The van der Waals surface area contributed by atoms with E-state index in [4.69, 9.17) is 4.74 Å². The average Bonchev–Trinajstić information content (AvgIpc) is 2.56. The number of rotatable bonds is 2. The molecule has 0 bridgehead atoms. The van der Waals surface area contributed by atoms with Crippen LogP contribution in [0.5, 0.6) is 5.75 Å².